The Labute approximate surface area is 100 Å². The van der Waals surface area contributed by atoms with E-state index in [2.05, 4.69) is 10.1 Å². The van der Waals surface area contributed by atoms with Crippen LogP contribution in [-0.4, -0.2) is 14.8 Å². The maximum Gasteiger partial charge on any atom is 0.164 e. The number of nitrogens with two attached hydrogens (primary N) is 1. The molecule has 0 bridgehead atoms. The molecule has 0 fully saturated rings. The van der Waals surface area contributed by atoms with E-state index >= 15 is 0 Å². The fourth-order valence-corrected chi connectivity index (χ4v) is 1.53. The number of rotatable bonds is 5. The van der Waals surface area contributed by atoms with Gasteiger partial charge in [-0.15, -0.1) is 0 Å². The Bertz CT molecular complexity index is 464. The van der Waals surface area contributed by atoms with Gasteiger partial charge < -0.3 is 10.5 Å². The number of ether oxygens (including phenoxy) is 1. The van der Waals surface area contributed by atoms with Crippen molar-refractivity contribution in [2.75, 3.05) is 0 Å². The average Bonchev–Trinajstić information content (AvgIpc) is 2.84. The van der Waals surface area contributed by atoms with Crippen LogP contribution >= 0.6 is 0 Å². The summed E-state index contributed by atoms with van der Waals surface area (Å²) in [6, 6.07) is 7.74. The molecule has 2 N–H and O–H groups in total. The van der Waals surface area contributed by atoms with E-state index in [-0.39, 0.29) is 0 Å². The fourth-order valence-electron chi connectivity index (χ4n) is 1.53. The summed E-state index contributed by atoms with van der Waals surface area (Å²) >= 11 is 0. The summed E-state index contributed by atoms with van der Waals surface area (Å²) in [6.07, 6.45) is 1.54. The Balaban J connectivity index is 1.97. The van der Waals surface area contributed by atoms with Gasteiger partial charge in [0.05, 0.1) is 0 Å². The molecule has 0 aliphatic carbocycles. The van der Waals surface area contributed by atoms with Crippen LogP contribution in [0.1, 0.15) is 18.3 Å². The summed E-state index contributed by atoms with van der Waals surface area (Å²) in [7, 11) is 0. The highest BCUT2D eigenvalue weighted by atomic mass is 16.5. The summed E-state index contributed by atoms with van der Waals surface area (Å²) in [6.45, 7) is 3.79. The Kier molecular flexibility index (Phi) is 3.72. The molecule has 17 heavy (non-hydrogen) atoms. The maximum absolute atomic E-state index is 5.63. The van der Waals surface area contributed by atoms with Gasteiger partial charge in [-0.25, -0.2) is 9.67 Å². The van der Waals surface area contributed by atoms with Crippen molar-refractivity contribution in [2.45, 2.75) is 26.6 Å². The third kappa shape index (κ3) is 2.82. The lowest BCUT2D eigenvalue weighted by Gasteiger charge is -2.07. The second kappa shape index (κ2) is 5.45. The summed E-state index contributed by atoms with van der Waals surface area (Å²) < 4.78 is 7.44. The molecule has 2 aromatic rings. The summed E-state index contributed by atoms with van der Waals surface area (Å²) in [5, 5.41) is 4.08. The first-order valence-corrected chi connectivity index (χ1v) is 5.62. The van der Waals surface area contributed by atoms with Crippen LogP contribution in [0.4, 0.5) is 0 Å². The zero-order valence-electron chi connectivity index (χ0n) is 9.84. The van der Waals surface area contributed by atoms with Gasteiger partial charge in [-0.1, -0.05) is 12.1 Å². The highest BCUT2D eigenvalue weighted by Gasteiger charge is 2.03. The summed E-state index contributed by atoms with van der Waals surface area (Å²) in [5.74, 6) is 1.64. The number of aryl methyl sites for hydroxylation is 1. The zero-order valence-corrected chi connectivity index (χ0v) is 9.84. The molecule has 0 radical (unpaired) electrons. The van der Waals surface area contributed by atoms with Gasteiger partial charge in [-0.05, 0) is 24.6 Å². The Morgan fingerprint density at radius 3 is 2.71 bits per heavy atom. The van der Waals surface area contributed by atoms with Gasteiger partial charge in [0.25, 0.3) is 0 Å². The van der Waals surface area contributed by atoms with E-state index in [1.54, 1.807) is 6.33 Å². The molecule has 0 unspecified atom stereocenters. The molecule has 1 heterocycles. The lowest BCUT2D eigenvalue weighted by molar-refractivity contribution is 0.287. The zero-order chi connectivity index (χ0) is 12.1. The van der Waals surface area contributed by atoms with Crippen LogP contribution in [0.25, 0.3) is 0 Å². The van der Waals surface area contributed by atoms with E-state index in [9.17, 15) is 0 Å². The predicted molar refractivity (Wildman–Crippen MR) is 64.4 cm³/mol. The van der Waals surface area contributed by atoms with Crippen LogP contribution in [0.2, 0.25) is 0 Å². The normalized spacial score (nSPS) is 10.5. The van der Waals surface area contributed by atoms with E-state index in [0.717, 1.165) is 23.7 Å². The van der Waals surface area contributed by atoms with Crippen molar-refractivity contribution in [3.05, 3.63) is 42.0 Å². The number of hydrogen-bond donors (Lipinski definition) is 1. The third-order valence-electron chi connectivity index (χ3n) is 2.52. The molecule has 0 atom stereocenters. The van der Waals surface area contributed by atoms with Gasteiger partial charge in [0.2, 0.25) is 0 Å². The van der Waals surface area contributed by atoms with Crippen molar-refractivity contribution in [1.29, 1.82) is 0 Å². The van der Waals surface area contributed by atoms with Gasteiger partial charge in [-0.2, -0.15) is 5.10 Å². The molecule has 90 valence electrons. The number of aromatic nitrogens is 3. The molecule has 0 spiro atoms. The molecule has 5 nitrogen and oxygen atoms in total. The quantitative estimate of drug-likeness (QED) is 0.844. The fraction of sp³-hybridized carbons (Fsp3) is 0.333. The topological polar surface area (TPSA) is 66.0 Å². The van der Waals surface area contributed by atoms with Gasteiger partial charge >= 0.3 is 0 Å². The molecule has 5 heteroatoms. The van der Waals surface area contributed by atoms with E-state index in [4.69, 9.17) is 10.5 Å². The summed E-state index contributed by atoms with van der Waals surface area (Å²) in [4.78, 5) is 4.14. The first-order valence-electron chi connectivity index (χ1n) is 5.62. The van der Waals surface area contributed by atoms with Crippen LogP contribution in [0, 0.1) is 0 Å². The minimum Gasteiger partial charge on any atom is -0.486 e. The Hall–Kier alpha value is -1.88. The first-order chi connectivity index (χ1) is 8.33. The minimum absolute atomic E-state index is 0.426. The van der Waals surface area contributed by atoms with Crippen LogP contribution in [0.3, 0.4) is 0 Å². The number of benzene rings is 1. The van der Waals surface area contributed by atoms with Crippen LogP contribution in [0.5, 0.6) is 5.75 Å². The number of hydrogen-bond acceptors (Lipinski definition) is 4. The van der Waals surface area contributed by atoms with Crippen LogP contribution in [-0.2, 0) is 19.7 Å². The van der Waals surface area contributed by atoms with Crippen molar-refractivity contribution in [3.8, 4) is 5.75 Å². The highest BCUT2D eigenvalue weighted by Crippen LogP contribution is 2.13. The van der Waals surface area contributed by atoms with E-state index in [1.165, 1.54) is 0 Å². The van der Waals surface area contributed by atoms with E-state index in [0.29, 0.717) is 13.2 Å². The molecule has 0 amide bonds. The molecule has 0 aliphatic heterocycles. The molecule has 0 saturated heterocycles. The highest BCUT2D eigenvalue weighted by molar-refractivity contribution is 5.27. The Morgan fingerprint density at radius 2 is 2.06 bits per heavy atom. The monoisotopic (exact) mass is 232 g/mol. The lowest BCUT2D eigenvalue weighted by Crippen LogP contribution is -2.07. The molecular weight excluding hydrogens is 216 g/mol. The predicted octanol–water partition coefficient (Wildman–Crippen LogP) is 1.34. The molecule has 1 aromatic carbocycles. The van der Waals surface area contributed by atoms with Crippen molar-refractivity contribution in [3.63, 3.8) is 0 Å². The van der Waals surface area contributed by atoms with Gasteiger partial charge in [0.1, 0.15) is 18.7 Å². The maximum atomic E-state index is 5.63. The second-order valence-corrected chi connectivity index (χ2v) is 3.63. The largest absolute Gasteiger partial charge is 0.486 e. The average molecular weight is 232 g/mol. The molecule has 0 aliphatic rings. The van der Waals surface area contributed by atoms with Gasteiger partial charge in [-0.3, -0.25) is 0 Å². The first kappa shape index (κ1) is 11.6. The second-order valence-electron chi connectivity index (χ2n) is 3.63. The number of nitrogens with zero attached hydrogens (tertiary/aromatic N) is 3. The smallest absolute Gasteiger partial charge is 0.164 e. The summed E-state index contributed by atoms with van der Waals surface area (Å²) in [5.41, 5.74) is 6.62. The standard InChI is InChI=1S/C12H16N4O/c1-2-16-12(14-9-15-16)8-17-11-5-3-10(7-13)4-6-11/h3-6,9H,2,7-8,13H2,1H3. The van der Waals surface area contributed by atoms with Crippen LogP contribution in [0.15, 0.2) is 30.6 Å². The Morgan fingerprint density at radius 1 is 1.29 bits per heavy atom. The van der Waals surface area contributed by atoms with Crippen molar-refractivity contribution >= 4 is 0 Å². The molecular formula is C12H16N4O. The van der Waals surface area contributed by atoms with Crippen molar-refractivity contribution in [1.82, 2.24) is 14.8 Å². The van der Waals surface area contributed by atoms with Gasteiger partial charge in [0.15, 0.2) is 5.82 Å². The minimum atomic E-state index is 0.426. The van der Waals surface area contributed by atoms with E-state index in [1.807, 2.05) is 35.9 Å². The molecule has 1 aromatic heterocycles. The SMILES string of the molecule is CCn1ncnc1COc1ccc(CN)cc1. The molecule has 2 rings (SSSR count). The lowest BCUT2D eigenvalue weighted by atomic mass is 10.2. The van der Waals surface area contributed by atoms with Crippen molar-refractivity contribution < 1.29 is 4.74 Å². The third-order valence-corrected chi connectivity index (χ3v) is 2.52. The molecule has 0 saturated carbocycles. The van der Waals surface area contributed by atoms with Gasteiger partial charge in [0, 0.05) is 13.1 Å². The van der Waals surface area contributed by atoms with Crippen LogP contribution < -0.4 is 10.5 Å². The van der Waals surface area contributed by atoms with Crippen molar-refractivity contribution in [2.24, 2.45) is 5.73 Å². The van der Waals surface area contributed by atoms with E-state index < -0.39 is 0 Å².